The Balaban J connectivity index is 2.38. The number of aryl methyl sites for hydroxylation is 1. The van der Waals surface area contributed by atoms with E-state index < -0.39 is 6.10 Å². The first-order valence-electron chi connectivity index (χ1n) is 5.03. The minimum absolute atomic E-state index is 0.499. The molecule has 1 aromatic heterocycles. The van der Waals surface area contributed by atoms with Crippen LogP contribution < -0.4 is 5.32 Å². The van der Waals surface area contributed by atoms with Gasteiger partial charge in [0.1, 0.15) is 17.4 Å². The van der Waals surface area contributed by atoms with Crippen molar-refractivity contribution in [2.24, 2.45) is 0 Å². The van der Waals surface area contributed by atoms with E-state index >= 15 is 0 Å². The number of hydrogen-bond acceptors (Lipinski definition) is 3. The molecule has 0 spiro atoms. The van der Waals surface area contributed by atoms with Gasteiger partial charge in [0, 0.05) is 11.9 Å². The quantitative estimate of drug-likeness (QED) is 0.805. The summed E-state index contributed by atoms with van der Waals surface area (Å²) in [5.41, 5.74) is 2.02. The molecule has 15 heavy (non-hydrogen) atoms. The number of aliphatic hydroxyl groups is 1. The molecule has 80 valence electrons. The van der Waals surface area contributed by atoms with Gasteiger partial charge in [0.15, 0.2) is 0 Å². The van der Waals surface area contributed by atoms with Crippen LogP contribution in [0.15, 0.2) is 28.7 Å². The zero-order valence-corrected chi connectivity index (χ0v) is 8.95. The van der Waals surface area contributed by atoms with Crippen LogP contribution in [0, 0.1) is 6.92 Å². The number of aliphatic hydroxyl groups excluding tert-OH is 1. The van der Waals surface area contributed by atoms with Crippen molar-refractivity contribution in [2.75, 3.05) is 13.6 Å². The fourth-order valence-corrected chi connectivity index (χ4v) is 1.64. The smallest absolute Gasteiger partial charge is 0.135 e. The Morgan fingerprint density at radius 2 is 2.20 bits per heavy atom. The maximum atomic E-state index is 9.73. The molecule has 0 saturated carbocycles. The molecular weight excluding hydrogens is 190 g/mol. The van der Waals surface area contributed by atoms with E-state index in [1.54, 1.807) is 7.05 Å². The van der Waals surface area contributed by atoms with Crippen LogP contribution in [-0.4, -0.2) is 18.7 Å². The van der Waals surface area contributed by atoms with Gasteiger partial charge < -0.3 is 14.8 Å². The molecule has 0 aliphatic rings. The lowest BCUT2D eigenvalue weighted by molar-refractivity contribution is 0.152. The number of likely N-dealkylation sites (N-methyl/N-ethyl adjacent to an activating group) is 1. The first kappa shape index (κ1) is 10.2. The van der Waals surface area contributed by atoms with Gasteiger partial charge >= 0.3 is 0 Å². The summed E-state index contributed by atoms with van der Waals surface area (Å²) >= 11 is 0. The number of nitrogens with one attached hydrogen (secondary N) is 1. The molecule has 0 aliphatic carbocycles. The average Bonchev–Trinajstić information content (AvgIpc) is 2.60. The number of fused-ring (bicyclic) bond motifs is 1. The van der Waals surface area contributed by atoms with Gasteiger partial charge in [-0.3, -0.25) is 0 Å². The molecule has 2 rings (SSSR count). The predicted molar refractivity (Wildman–Crippen MR) is 59.8 cm³/mol. The Hall–Kier alpha value is -1.32. The lowest BCUT2D eigenvalue weighted by Crippen LogP contribution is -2.15. The number of furan rings is 1. The van der Waals surface area contributed by atoms with Crippen LogP contribution in [0.5, 0.6) is 0 Å². The van der Waals surface area contributed by atoms with Crippen molar-refractivity contribution < 1.29 is 9.52 Å². The molecule has 0 aliphatic heterocycles. The van der Waals surface area contributed by atoms with E-state index in [9.17, 15) is 5.11 Å². The van der Waals surface area contributed by atoms with Crippen molar-refractivity contribution in [2.45, 2.75) is 13.0 Å². The van der Waals surface area contributed by atoms with Crippen LogP contribution in [-0.2, 0) is 0 Å². The predicted octanol–water partition coefficient (Wildman–Crippen LogP) is 1.99. The lowest BCUT2D eigenvalue weighted by atomic mass is 10.2. The molecule has 2 aromatic rings. The number of hydrogen-bond donors (Lipinski definition) is 2. The van der Waals surface area contributed by atoms with Crippen molar-refractivity contribution in [1.82, 2.24) is 5.32 Å². The Morgan fingerprint density at radius 3 is 2.93 bits per heavy atom. The van der Waals surface area contributed by atoms with Crippen LogP contribution in [0.2, 0.25) is 0 Å². The van der Waals surface area contributed by atoms with E-state index in [2.05, 4.69) is 11.4 Å². The third kappa shape index (κ3) is 2.03. The van der Waals surface area contributed by atoms with Crippen molar-refractivity contribution in [3.8, 4) is 0 Å². The van der Waals surface area contributed by atoms with Crippen molar-refractivity contribution >= 4 is 11.0 Å². The SMILES string of the molecule is CNCC(O)c1cc2cc(C)ccc2o1. The van der Waals surface area contributed by atoms with Gasteiger partial charge in [0.2, 0.25) is 0 Å². The molecule has 1 atom stereocenters. The summed E-state index contributed by atoms with van der Waals surface area (Å²) in [7, 11) is 1.80. The monoisotopic (exact) mass is 205 g/mol. The molecule has 0 bridgehead atoms. The normalized spacial score (nSPS) is 13.3. The molecular formula is C12H15NO2. The molecule has 3 nitrogen and oxygen atoms in total. The Kier molecular flexibility index (Phi) is 2.75. The van der Waals surface area contributed by atoms with Gasteiger partial charge in [-0.15, -0.1) is 0 Å². The van der Waals surface area contributed by atoms with E-state index in [-0.39, 0.29) is 0 Å². The standard InChI is InChI=1S/C12H15NO2/c1-8-3-4-11-9(5-8)6-12(15-11)10(14)7-13-2/h3-6,10,13-14H,7H2,1-2H3. The minimum Gasteiger partial charge on any atom is -0.458 e. The minimum atomic E-state index is -0.581. The summed E-state index contributed by atoms with van der Waals surface area (Å²) in [6.45, 7) is 2.54. The Bertz CT molecular complexity index is 462. The number of benzene rings is 1. The van der Waals surface area contributed by atoms with Crippen LogP contribution in [0.25, 0.3) is 11.0 Å². The van der Waals surface area contributed by atoms with Gasteiger partial charge in [-0.1, -0.05) is 11.6 Å². The van der Waals surface area contributed by atoms with E-state index in [4.69, 9.17) is 4.42 Å². The first-order chi connectivity index (χ1) is 7.20. The molecule has 0 amide bonds. The molecule has 0 fully saturated rings. The fourth-order valence-electron chi connectivity index (χ4n) is 1.64. The highest BCUT2D eigenvalue weighted by Gasteiger charge is 2.12. The summed E-state index contributed by atoms with van der Waals surface area (Å²) in [5.74, 6) is 0.616. The third-order valence-corrected chi connectivity index (χ3v) is 2.42. The summed E-state index contributed by atoms with van der Waals surface area (Å²) in [5, 5.41) is 13.7. The van der Waals surface area contributed by atoms with E-state index in [0.29, 0.717) is 12.3 Å². The molecule has 1 heterocycles. The van der Waals surface area contributed by atoms with Crippen LogP contribution in [0.1, 0.15) is 17.4 Å². The Morgan fingerprint density at radius 1 is 1.40 bits per heavy atom. The lowest BCUT2D eigenvalue weighted by Gasteiger charge is -2.04. The van der Waals surface area contributed by atoms with E-state index in [0.717, 1.165) is 11.0 Å². The van der Waals surface area contributed by atoms with Crippen LogP contribution in [0.3, 0.4) is 0 Å². The fraction of sp³-hybridized carbons (Fsp3) is 0.333. The maximum absolute atomic E-state index is 9.73. The number of rotatable bonds is 3. The van der Waals surface area contributed by atoms with Gasteiger partial charge in [0.25, 0.3) is 0 Å². The molecule has 3 heteroatoms. The second kappa shape index (κ2) is 4.04. The molecule has 0 radical (unpaired) electrons. The summed E-state index contributed by atoms with van der Waals surface area (Å²) < 4.78 is 5.55. The van der Waals surface area contributed by atoms with Crippen molar-refractivity contribution in [1.29, 1.82) is 0 Å². The zero-order valence-electron chi connectivity index (χ0n) is 8.95. The molecule has 2 N–H and O–H groups in total. The molecule has 0 saturated heterocycles. The Labute approximate surface area is 88.7 Å². The zero-order chi connectivity index (χ0) is 10.8. The van der Waals surface area contributed by atoms with Gasteiger partial charge in [0.05, 0.1) is 0 Å². The second-order valence-electron chi connectivity index (χ2n) is 3.76. The third-order valence-electron chi connectivity index (χ3n) is 2.42. The highest BCUT2D eigenvalue weighted by Crippen LogP contribution is 2.24. The van der Waals surface area contributed by atoms with E-state index in [1.165, 1.54) is 5.56 Å². The van der Waals surface area contributed by atoms with Crippen LogP contribution >= 0.6 is 0 Å². The van der Waals surface area contributed by atoms with Gasteiger partial charge in [-0.05, 0) is 32.2 Å². The average molecular weight is 205 g/mol. The highest BCUT2D eigenvalue weighted by atomic mass is 16.4. The first-order valence-corrected chi connectivity index (χ1v) is 5.03. The summed E-state index contributed by atoms with van der Waals surface area (Å²) in [6, 6.07) is 7.87. The van der Waals surface area contributed by atoms with Crippen molar-refractivity contribution in [3.05, 3.63) is 35.6 Å². The maximum Gasteiger partial charge on any atom is 0.135 e. The van der Waals surface area contributed by atoms with Crippen molar-refractivity contribution in [3.63, 3.8) is 0 Å². The largest absolute Gasteiger partial charge is 0.458 e. The second-order valence-corrected chi connectivity index (χ2v) is 3.76. The molecule has 1 aromatic carbocycles. The van der Waals surface area contributed by atoms with E-state index in [1.807, 2.05) is 25.1 Å². The molecule has 1 unspecified atom stereocenters. The van der Waals surface area contributed by atoms with Gasteiger partial charge in [-0.25, -0.2) is 0 Å². The topological polar surface area (TPSA) is 45.4 Å². The summed E-state index contributed by atoms with van der Waals surface area (Å²) in [6.07, 6.45) is -0.581. The highest BCUT2D eigenvalue weighted by molar-refractivity contribution is 5.78. The summed E-state index contributed by atoms with van der Waals surface area (Å²) in [4.78, 5) is 0. The van der Waals surface area contributed by atoms with Crippen LogP contribution in [0.4, 0.5) is 0 Å². The van der Waals surface area contributed by atoms with Gasteiger partial charge in [-0.2, -0.15) is 0 Å².